The van der Waals surface area contributed by atoms with E-state index in [9.17, 15) is 9.18 Å². The molecule has 0 atom stereocenters. The van der Waals surface area contributed by atoms with Crippen molar-refractivity contribution >= 4 is 33.1 Å². The van der Waals surface area contributed by atoms with Crippen molar-refractivity contribution in [2.45, 2.75) is 13.5 Å². The van der Waals surface area contributed by atoms with Gasteiger partial charge in [0, 0.05) is 29.2 Å². The summed E-state index contributed by atoms with van der Waals surface area (Å²) in [5, 5.41) is 6.62. The van der Waals surface area contributed by atoms with Crippen LogP contribution in [-0.2, 0) is 6.54 Å². The summed E-state index contributed by atoms with van der Waals surface area (Å²) in [7, 11) is 0. The fourth-order valence-electron chi connectivity index (χ4n) is 2.17. The van der Waals surface area contributed by atoms with Gasteiger partial charge in [-0.1, -0.05) is 12.1 Å². The number of halogens is 1. The molecule has 1 aromatic carbocycles. The number of thiophene rings is 1. The molecular formula is C16H14FN3OS. The maximum absolute atomic E-state index is 12.8. The molecule has 0 aliphatic heterocycles. The SMILES string of the molecule is Cc1sc2cnccc2c1NC(=O)NCc1ccc(F)cc1. The minimum Gasteiger partial charge on any atom is -0.334 e. The van der Waals surface area contributed by atoms with Crippen LogP contribution in [0, 0.1) is 12.7 Å². The van der Waals surface area contributed by atoms with Gasteiger partial charge in [-0.15, -0.1) is 11.3 Å². The van der Waals surface area contributed by atoms with Gasteiger partial charge in [-0.2, -0.15) is 0 Å². The number of carbonyl (C=O) groups is 1. The first-order valence-electron chi connectivity index (χ1n) is 6.76. The molecule has 0 bridgehead atoms. The Bertz CT molecular complexity index is 814. The Morgan fingerprint density at radius 1 is 1.27 bits per heavy atom. The van der Waals surface area contributed by atoms with Crippen LogP contribution in [0.5, 0.6) is 0 Å². The van der Waals surface area contributed by atoms with Crippen LogP contribution in [0.1, 0.15) is 10.4 Å². The number of hydrogen-bond donors (Lipinski definition) is 2. The number of amides is 2. The first-order chi connectivity index (χ1) is 10.6. The summed E-state index contributed by atoms with van der Waals surface area (Å²) >= 11 is 1.59. The van der Waals surface area contributed by atoms with Crippen molar-refractivity contribution in [3.05, 3.63) is 59.0 Å². The lowest BCUT2D eigenvalue weighted by Crippen LogP contribution is -2.28. The number of nitrogens with zero attached hydrogens (tertiary/aromatic N) is 1. The minimum absolute atomic E-state index is 0.288. The van der Waals surface area contributed by atoms with E-state index in [-0.39, 0.29) is 11.8 Å². The van der Waals surface area contributed by atoms with Crippen molar-refractivity contribution in [1.29, 1.82) is 0 Å². The van der Waals surface area contributed by atoms with E-state index in [1.807, 2.05) is 13.0 Å². The summed E-state index contributed by atoms with van der Waals surface area (Å²) in [6.07, 6.45) is 3.49. The van der Waals surface area contributed by atoms with Gasteiger partial charge in [-0.25, -0.2) is 9.18 Å². The fraction of sp³-hybridized carbons (Fsp3) is 0.125. The number of hydrogen-bond acceptors (Lipinski definition) is 3. The fourth-order valence-corrected chi connectivity index (χ4v) is 3.16. The van der Waals surface area contributed by atoms with Crippen LogP contribution < -0.4 is 10.6 Å². The van der Waals surface area contributed by atoms with Gasteiger partial charge in [0.2, 0.25) is 0 Å². The number of pyridine rings is 1. The second kappa shape index (κ2) is 6.11. The van der Waals surface area contributed by atoms with E-state index in [0.717, 1.165) is 26.2 Å². The smallest absolute Gasteiger partial charge is 0.319 e. The number of carbonyl (C=O) groups excluding carboxylic acids is 1. The Labute approximate surface area is 131 Å². The zero-order chi connectivity index (χ0) is 15.5. The summed E-state index contributed by atoms with van der Waals surface area (Å²) in [5.41, 5.74) is 1.65. The van der Waals surface area contributed by atoms with Gasteiger partial charge in [-0.05, 0) is 30.7 Å². The largest absolute Gasteiger partial charge is 0.334 e. The van der Waals surface area contributed by atoms with Crippen molar-refractivity contribution in [3.63, 3.8) is 0 Å². The molecule has 0 saturated heterocycles. The number of benzene rings is 1. The first-order valence-corrected chi connectivity index (χ1v) is 7.57. The van der Waals surface area contributed by atoms with Crippen LogP contribution in [0.4, 0.5) is 14.9 Å². The van der Waals surface area contributed by atoms with Crippen molar-refractivity contribution < 1.29 is 9.18 Å². The third-order valence-corrected chi connectivity index (χ3v) is 4.33. The average molecular weight is 315 g/mol. The molecule has 112 valence electrons. The van der Waals surface area contributed by atoms with E-state index in [0.29, 0.717) is 6.54 Å². The predicted octanol–water partition coefficient (Wildman–Crippen LogP) is 4.07. The highest BCUT2D eigenvalue weighted by molar-refractivity contribution is 7.19. The number of aryl methyl sites for hydroxylation is 1. The van der Waals surface area contributed by atoms with Gasteiger partial charge in [0.15, 0.2) is 0 Å². The molecule has 4 nitrogen and oxygen atoms in total. The van der Waals surface area contributed by atoms with Gasteiger partial charge >= 0.3 is 6.03 Å². The van der Waals surface area contributed by atoms with E-state index in [1.54, 1.807) is 35.9 Å². The Morgan fingerprint density at radius 3 is 2.82 bits per heavy atom. The van der Waals surface area contributed by atoms with Crippen molar-refractivity contribution in [3.8, 4) is 0 Å². The lowest BCUT2D eigenvalue weighted by molar-refractivity contribution is 0.252. The summed E-state index contributed by atoms with van der Waals surface area (Å²) in [5.74, 6) is -0.290. The second-order valence-electron chi connectivity index (χ2n) is 4.84. The average Bonchev–Trinajstić information content (AvgIpc) is 2.83. The molecule has 3 rings (SSSR count). The maximum Gasteiger partial charge on any atom is 0.319 e. The molecule has 6 heteroatoms. The van der Waals surface area contributed by atoms with Gasteiger partial charge in [0.05, 0.1) is 10.4 Å². The zero-order valence-electron chi connectivity index (χ0n) is 11.9. The molecule has 22 heavy (non-hydrogen) atoms. The van der Waals surface area contributed by atoms with Crippen molar-refractivity contribution in [2.24, 2.45) is 0 Å². The minimum atomic E-state index is -0.290. The number of rotatable bonds is 3. The van der Waals surface area contributed by atoms with Crippen LogP contribution in [0.15, 0.2) is 42.7 Å². The molecule has 0 aliphatic carbocycles. The molecule has 0 saturated carbocycles. The monoisotopic (exact) mass is 315 g/mol. The normalized spacial score (nSPS) is 10.6. The second-order valence-corrected chi connectivity index (χ2v) is 6.10. The summed E-state index contributed by atoms with van der Waals surface area (Å²) in [4.78, 5) is 17.1. The zero-order valence-corrected chi connectivity index (χ0v) is 12.7. The summed E-state index contributed by atoms with van der Waals surface area (Å²) in [6.45, 7) is 2.30. The van der Waals surface area contributed by atoms with E-state index in [1.165, 1.54) is 12.1 Å². The van der Waals surface area contributed by atoms with Gasteiger partial charge < -0.3 is 10.6 Å². The highest BCUT2D eigenvalue weighted by atomic mass is 32.1. The van der Waals surface area contributed by atoms with Gasteiger partial charge in [0.1, 0.15) is 5.82 Å². The first kappa shape index (κ1) is 14.5. The maximum atomic E-state index is 12.8. The van der Waals surface area contributed by atoms with Crippen LogP contribution in [0.25, 0.3) is 10.1 Å². The summed E-state index contributed by atoms with van der Waals surface area (Å²) < 4.78 is 13.9. The summed E-state index contributed by atoms with van der Waals surface area (Å²) in [6, 6.07) is 7.63. The van der Waals surface area contributed by atoms with Crippen LogP contribution in [0.3, 0.4) is 0 Å². The topological polar surface area (TPSA) is 54.0 Å². The van der Waals surface area contributed by atoms with Crippen molar-refractivity contribution in [1.82, 2.24) is 10.3 Å². The molecule has 0 radical (unpaired) electrons. The third-order valence-electron chi connectivity index (χ3n) is 3.27. The predicted molar refractivity (Wildman–Crippen MR) is 86.6 cm³/mol. The molecule has 2 heterocycles. The van der Waals surface area contributed by atoms with Crippen molar-refractivity contribution in [2.75, 3.05) is 5.32 Å². The number of anilines is 1. The van der Waals surface area contributed by atoms with Crippen LogP contribution in [0.2, 0.25) is 0 Å². The highest BCUT2D eigenvalue weighted by Gasteiger charge is 2.11. The number of nitrogens with one attached hydrogen (secondary N) is 2. The molecule has 0 fully saturated rings. The molecule has 0 spiro atoms. The van der Waals surface area contributed by atoms with E-state index in [2.05, 4.69) is 15.6 Å². The number of aromatic nitrogens is 1. The Hall–Kier alpha value is -2.47. The molecule has 2 aromatic heterocycles. The molecule has 3 aromatic rings. The molecule has 0 unspecified atom stereocenters. The molecule has 0 aliphatic rings. The van der Waals surface area contributed by atoms with Gasteiger partial charge in [0.25, 0.3) is 0 Å². The van der Waals surface area contributed by atoms with E-state index < -0.39 is 0 Å². The quantitative estimate of drug-likeness (QED) is 0.765. The number of fused-ring (bicyclic) bond motifs is 1. The standard InChI is InChI=1S/C16H14FN3OS/c1-10-15(13-6-7-18-9-14(13)22-10)20-16(21)19-8-11-2-4-12(17)5-3-11/h2-7,9H,8H2,1H3,(H2,19,20,21). The lowest BCUT2D eigenvalue weighted by Gasteiger charge is -2.08. The Balaban J connectivity index is 1.68. The Morgan fingerprint density at radius 2 is 2.05 bits per heavy atom. The lowest BCUT2D eigenvalue weighted by atomic mass is 10.2. The van der Waals surface area contributed by atoms with Crippen LogP contribution in [-0.4, -0.2) is 11.0 Å². The van der Waals surface area contributed by atoms with Gasteiger partial charge in [-0.3, -0.25) is 4.98 Å². The van der Waals surface area contributed by atoms with Crippen LogP contribution >= 0.6 is 11.3 Å². The van der Waals surface area contributed by atoms with E-state index in [4.69, 9.17) is 0 Å². The van der Waals surface area contributed by atoms with E-state index >= 15 is 0 Å². The number of urea groups is 1. The third kappa shape index (κ3) is 3.07. The Kier molecular flexibility index (Phi) is 4.02. The molecular weight excluding hydrogens is 301 g/mol. The molecule has 2 amide bonds. The molecule has 2 N–H and O–H groups in total. The highest BCUT2D eigenvalue weighted by Crippen LogP contribution is 2.34.